The molecule has 1 aliphatic carbocycles. The highest BCUT2D eigenvalue weighted by Gasteiger charge is 2.29. The Labute approximate surface area is 115 Å². The third kappa shape index (κ3) is 3.67. The van der Waals surface area contributed by atoms with Crippen LogP contribution in [-0.2, 0) is 11.2 Å². The van der Waals surface area contributed by atoms with Crippen molar-refractivity contribution in [3.05, 3.63) is 29.8 Å². The van der Waals surface area contributed by atoms with Crippen LogP contribution in [0.25, 0.3) is 0 Å². The second-order valence-corrected chi connectivity index (χ2v) is 5.58. The Hall–Kier alpha value is -0.620. The molecule has 0 heterocycles. The number of hydrogen-bond donors (Lipinski definition) is 1. The van der Waals surface area contributed by atoms with Crippen LogP contribution in [0.2, 0.25) is 0 Å². The SMILES string of the molecule is CN[C@H]1C[C@H](Oc2cccc(CC(=O)I)c2)C1. The summed E-state index contributed by atoms with van der Waals surface area (Å²) in [5, 5.41) is 3.23. The molecule has 1 aliphatic rings. The zero-order valence-electron chi connectivity index (χ0n) is 9.78. The minimum absolute atomic E-state index is 0.152. The van der Waals surface area contributed by atoms with Gasteiger partial charge in [0.2, 0.25) is 0 Å². The fourth-order valence-corrected chi connectivity index (χ4v) is 2.42. The molecule has 92 valence electrons. The number of carbonyl (C=O) groups excluding carboxylic acids is 1. The van der Waals surface area contributed by atoms with Crippen molar-refractivity contribution in [2.24, 2.45) is 0 Å². The van der Waals surface area contributed by atoms with Gasteiger partial charge in [0.25, 0.3) is 0 Å². The molecule has 1 saturated carbocycles. The van der Waals surface area contributed by atoms with Crippen molar-refractivity contribution in [2.75, 3.05) is 7.05 Å². The van der Waals surface area contributed by atoms with E-state index >= 15 is 0 Å². The monoisotopic (exact) mass is 345 g/mol. The number of hydrogen-bond acceptors (Lipinski definition) is 3. The van der Waals surface area contributed by atoms with Gasteiger partial charge in [0.15, 0.2) is 3.79 Å². The predicted molar refractivity (Wildman–Crippen MR) is 75.7 cm³/mol. The lowest BCUT2D eigenvalue weighted by Crippen LogP contribution is -2.45. The van der Waals surface area contributed by atoms with E-state index in [1.165, 1.54) is 0 Å². The molecule has 0 bridgehead atoms. The summed E-state index contributed by atoms with van der Waals surface area (Å²) < 4.78 is 6.00. The fourth-order valence-electron chi connectivity index (χ4n) is 1.98. The van der Waals surface area contributed by atoms with Gasteiger partial charge in [-0.3, -0.25) is 4.79 Å². The maximum Gasteiger partial charge on any atom is 0.196 e. The molecule has 1 fully saturated rings. The Morgan fingerprint density at radius 2 is 2.29 bits per heavy atom. The van der Waals surface area contributed by atoms with Crippen molar-refractivity contribution < 1.29 is 9.53 Å². The molecular formula is C13H16INO2. The third-order valence-corrected chi connectivity index (χ3v) is 3.43. The molecular weight excluding hydrogens is 329 g/mol. The largest absolute Gasteiger partial charge is 0.490 e. The van der Waals surface area contributed by atoms with Gasteiger partial charge in [-0.05, 0) is 60.2 Å². The average Bonchev–Trinajstić information content (AvgIpc) is 2.22. The molecule has 0 atom stereocenters. The summed E-state index contributed by atoms with van der Waals surface area (Å²) in [6.45, 7) is 0. The summed E-state index contributed by atoms with van der Waals surface area (Å²) in [6, 6.07) is 8.41. The minimum atomic E-state index is 0.152. The molecule has 3 nitrogen and oxygen atoms in total. The molecule has 0 amide bonds. The molecule has 0 radical (unpaired) electrons. The Kier molecular flexibility index (Phi) is 4.39. The molecule has 0 saturated heterocycles. The summed E-state index contributed by atoms with van der Waals surface area (Å²) in [5.41, 5.74) is 1.02. The van der Waals surface area contributed by atoms with Crippen LogP contribution in [-0.4, -0.2) is 23.0 Å². The molecule has 17 heavy (non-hydrogen) atoms. The molecule has 1 aromatic carbocycles. The van der Waals surface area contributed by atoms with Gasteiger partial charge >= 0.3 is 0 Å². The first kappa shape index (κ1) is 12.8. The van der Waals surface area contributed by atoms with Crippen molar-refractivity contribution in [3.8, 4) is 5.75 Å². The smallest absolute Gasteiger partial charge is 0.196 e. The van der Waals surface area contributed by atoms with Crippen molar-refractivity contribution in [3.63, 3.8) is 0 Å². The van der Waals surface area contributed by atoms with Crippen LogP contribution in [0.5, 0.6) is 5.75 Å². The van der Waals surface area contributed by atoms with E-state index in [1.54, 1.807) is 0 Å². The Balaban J connectivity index is 1.90. The van der Waals surface area contributed by atoms with Crippen LogP contribution >= 0.6 is 22.6 Å². The molecule has 0 spiro atoms. The van der Waals surface area contributed by atoms with Crippen LogP contribution in [0.1, 0.15) is 18.4 Å². The van der Waals surface area contributed by atoms with Gasteiger partial charge in [-0.2, -0.15) is 0 Å². The minimum Gasteiger partial charge on any atom is -0.490 e. The third-order valence-electron chi connectivity index (χ3n) is 3.05. The molecule has 1 aromatic rings. The van der Waals surface area contributed by atoms with Gasteiger partial charge in [0.05, 0.1) is 0 Å². The van der Waals surface area contributed by atoms with Crippen LogP contribution in [0.15, 0.2) is 24.3 Å². The van der Waals surface area contributed by atoms with Crippen LogP contribution in [0.3, 0.4) is 0 Å². The first-order valence-corrected chi connectivity index (χ1v) is 6.86. The van der Waals surface area contributed by atoms with Crippen molar-refractivity contribution >= 4 is 26.4 Å². The quantitative estimate of drug-likeness (QED) is 0.658. The van der Waals surface area contributed by atoms with Crippen molar-refractivity contribution in [1.82, 2.24) is 5.32 Å². The number of carbonyl (C=O) groups is 1. The predicted octanol–water partition coefficient (Wildman–Crippen LogP) is 2.32. The lowest BCUT2D eigenvalue weighted by molar-refractivity contribution is -0.108. The topological polar surface area (TPSA) is 38.3 Å². The number of ether oxygens (including phenoxy) is 1. The summed E-state index contributed by atoms with van der Waals surface area (Å²) in [7, 11) is 1.98. The molecule has 2 rings (SSSR count). The zero-order valence-corrected chi connectivity index (χ0v) is 11.9. The summed E-state index contributed by atoms with van der Waals surface area (Å²) >= 11 is 1.82. The highest BCUT2D eigenvalue weighted by molar-refractivity contribution is 14.1. The van der Waals surface area contributed by atoms with E-state index in [0.717, 1.165) is 24.2 Å². The normalized spacial score (nSPS) is 22.9. The van der Waals surface area contributed by atoms with Crippen LogP contribution in [0.4, 0.5) is 0 Å². The molecule has 0 aromatic heterocycles. The average molecular weight is 345 g/mol. The highest BCUT2D eigenvalue weighted by Crippen LogP contribution is 2.26. The Morgan fingerprint density at radius 1 is 1.53 bits per heavy atom. The van der Waals surface area contributed by atoms with E-state index in [4.69, 9.17) is 4.74 Å². The van der Waals surface area contributed by atoms with Gasteiger partial charge < -0.3 is 10.1 Å². The number of nitrogens with one attached hydrogen (secondary N) is 1. The van der Waals surface area contributed by atoms with E-state index in [1.807, 2.05) is 53.9 Å². The van der Waals surface area contributed by atoms with Crippen LogP contribution < -0.4 is 10.1 Å². The van der Waals surface area contributed by atoms with Crippen LogP contribution in [0, 0.1) is 0 Å². The van der Waals surface area contributed by atoms with Gasteiger partial charge in [-0.15, -0.1) is 0 Å². The first-order valence-electron chi connectivity index (χ1n) is 5.78. The molecule has 1 N–H and O–H groups in total. The standard InChI is InChI=1S/C13H16INO2/c1-15-10-7-12(8-10)17-11-4-2-3-9(5-11)6-13(14)16/h2-5,10,12,15H,6-8H2,1H3/t10-,12-. The van der Waals surface area contributed by atoms with Crippen molar-refractivity contribution in [1.29, 1.82) is 0 Å². The number of benzene rings is 1. The van der Waals surface area contributed by atoms with Gasteiger partial charge in [0, 0.05) is 12.5 Å². The van der Waals surface area contributed by atoms with Gasteiger partial charge in [-0.1, -0.05) is 12.1 Å². The second kappa shape index (κ2) is 5.82. The summed E-state index contributed by atoms with van der Waals surface area (Å²) in [4.78, 5) is 11.0. The lowest BCUT2D eigenvalue weighted by atomic mass is 9.89. The summed E-state index contributed by atoms with van der Waals surface area (Å²) in [6.07, 6.45) is 2.91. The van der Waals surface area contributed by atoms with Crippen molar-refractivity contribution in [2.45, 2.75) is 31.4 Å². The van der Waals surface area contributed by atoms with E-state index in [9.17, 15) is 4.79 Å². The maximum absolute atomic E-state index is 11.0. The first-order chi connectivity index (χ1) is 8.17. The number of halogens is 1. The van der Waals surface area contributed by atoms with E-state index in [0.29, 0.717) is 18.6 Å². The van der Waals surface area contributed by atoms with Gasteiger partial charge in [0.1, 0.15) is 11.9 Å². The van der Waals surface area contributed by atoms with Gasteiger partial charge in [-0.25, -0.2) is 0 Å². The lowest BCUT2D eigenvalue weighted by Gasteiger charge is -2.35. The molecule has 0 unspecified atom stereocenters. The Morgan fingerprint density at radius 3 is 2.94 bits per heavy atom. The second-order valence-electron chi connectivity index (χ2n) is 4.38. The van der Waals surface area contributed by atoms with E-state index in [-0.39, 0.29) is 3.79 Å². The molecule has 0 aliphatic heterocycles. The van der Waals surface area contributed by atoms with E-state index in [2.05, 4.69) is 5.32 Å². The number of rotatable bonds is 5. The zero-order chi connectivity index (χ0) is 12.3. The summed E-state index contributed by atoms with van der Waals surface area (Å²) in [5.74, 6) is 0.875. The fraction of sp³-hybridized carbons (Fsp3) is 0.462. The maximum atomic E-state index is 11.0. The Bertz CT molecular complexity index is 402. The highest BCUT2D eigenvalue weighted by atomic mass is 127. The molecule has 4 heteroatoms. The van der Waals surface area contributed by atoms with E-state index < -0.39 is 0 Å².